The van der Waals surface area contributed by atoms with E-state index >= 15 is 0 Å². The number of hydrogen-bond donors (Lipinski definition) is 0. The first-order chi connectivity index (χ1) is 8.63. The van der Waals surface area contributed by atoms with E-state index in [1.165, 1.54) is 18.2 Å². The zero-order valence-electron chi connectivity index (χ0n) is 10.7. The summed E-state index contributed by atoms with van der Waals surface area (Å²) in [5, 5.41) is 0. The molecule has 1 aliphatic rings. The van der Waals surface area contributed by atoms with E-state index in [2.05, 4.69) is 18.0 Å². The average molecular weight is 249 g/mol. The van der Waals surface area contributed by atoms with Gasteiger partial charge in [0.2, 0.25) is 0 Å². The third-order valence-corrected chi connectivity index (χ3v) is 3.35. The lowest BCUT2D eigenvalue weighted by Gasteiger charge is -2.11. The molecule has 2 rings (SSSR count). The van der Waals surface area contributed by atoms with Gasteiger partial charge in [-0.1, -0.05) is 25.1 Å². The van der Waals surface area contributed by atoms with Crippen molar-refractivity contribution in [3.63, 3.8) is 0 Å². The van der Waals surface area contributed by atoms with Crippen molar-refractivity contribution in [2.24, 2.45) is 10.9 Å². The summed E-state index contributed by atoms with van der Waals surface area (Å²) in [7, 11) is 0. The maximum Gasteiger partial charge on any atom is 0.135 e. The smallest absolute Gasteiger partial charge is 0.135 e. The largest absolute Gasteiger partial charge is 0.285 e. The summed E-state index contributed by atoms with van der Waals surface area (Å²) in [6.07, 6.45) is 5.57. The van der Waals surface area contributed by atoms with Crippen molar-refractivity contribution in [3.8, 4) is 0 Å². The summed E-state index contributed by atoms with van der Waals surface area (Å²) >= 11 is 0. The monoisotopic (exact) mass is 249 g/mol. The Balaban J connectivity index is 2.28. The lowest BCUT2D eigenvalue weighted by atomic mass is 9.99. The summed E-state index contributed by atoms with van der Waals surface area (Å²) in [6.45, 7) is 4.04. The fourth-order valence-corrected chi connectivity index (χ4v) is 2.39. The van der Waals surface area contributed by atoms with Crippen LogP contribution in [0.2, 0.25) is 0 Å². The van der Waals surface area contributed by atoms with Gasteiger partial charge in [-0.3, -0.25) is 4.99 Å². The third kappa shape index (κ3) is 2.50. The first kappa shape index (κ1) is 12.9. The number of hydrogen-bond acceptors (Lipinski definition) is 1. The second kappa shape index (κ2) is 5.42. The van der Waals surface area contributed by atoms with Crippen LogP contribution in [0.4, 0.5) is 8.78 Å². The van der Waals surface area contributed by atoms with Crippen molar-refractivity contribution >= 4 is 5.71 Å². The van der Waals surface area contributed by atoms with Crippen LogP contribution in [0.25, 0.3) is 0 Å². The molecule has 1 aromatic carbocycles. The average Bonchev–Trinajstić information content (AvgIpc) is 2.78. The van der Waals surface area contributed by atoms with Gasteiger partial charge < -0.3 is 0 Å². The highest BCUT2D eigenvalue weighted by atomic mass is 19.1. The summed E-state index contributed by atoms with van der Waals surface area (Å²) in [4.78, 5) is 4.48. The lowest BCUT2D eigenvalue weighted by molar-refractivity contribution is 0.540. The summed E-state index contributed by atoms with van der Waals surface area (Å²) in [5.74, 6) is -0.733. The van der Waals surface area contributed by atoms with E-state index in [-0.39, 0.29) is 11.6 Å². The molecule has 2 unspecified atom stereocenters. The summed E-state index contributed by atoms with van der Waals surface area (Å²) in [6, 6.07) is 4.08. The zero-order chi connectivity index (χ0) is 13.1. The highest BCUT2D eigenvalue weighted by Crippen LogP contribution is 2.26. The minimum absolute atomic E-state index is 0.0488. The first-order valence-corrected chi connectivity index (χ1v) is 6.27. The van der Waals surface area contributed by atoms with Gasteiger partial charge >= 0.3 is 0 Å². The molecule has 0 spiro atoms. The van der Waals surface area contributed by atoms with Gasteiger partial charge in [-0.05, 0) is 37.8 Å². The Morgan fingerprint density at radius 2 is 2.00 bits per heavy atom. The molecule has 0 radical (unpaired) electrons. The second-order valence-electron chi connectivity index (χ2n) is 4.66. The van der Waals surface area contributed by atoms with Crippen molar-refractivity contribution in [2.75, 3.05) is 0 Å². The molecule has 18 heavy (non-hydrogen) atoms. The van der Waals surface area contributed by atoms with Crippen molar-refractivity contribution in [1.82, 2.24) is 0 Å². The van der Waals surface area contributed by atoms with Gasteiger partial charge in [0, 0.05) is 5.71 Å². The van der Waals surface area contributed by atoms with Crippen LogP contribution in [0.5, 0.6) is 0 Å². The molecule has 0 aromatic heterocycles. The first-order valence-electron chi connectivity index (χ1n) is 6.27. The fourth-order valence-electron chi connectivity index (χ4n) is 2.39. The van der Waals surface area contributed by atoms with Crippen molar-refractivity contribution in [1.29, 1.82) is 0 Å². The molecule has 1 aliphatic heterocycles. The van der Waals surface area contributed by atoms with Crippen LogP contribution in [-0.4, -0.2) is 11.8 Å². The molecular formula is C15H17F2N. The van der Waals surface area contributed by atoms with E-state index in [9.17, 15) is 8.78 Å². The van der Waals surface area contributed by atoms with Gasteiger partial charge in [0.05, 0.1) is 11.6 Å². The number of halogens is 2. The molecule has 2 atom stereocenters. The topological polar surface area (TPSA) is 12.4 Å². The van der Waals surface area contributed by atoms with E-state index in [1.54, 1.807) is 0 Å². The van der Waals surface area contributed by atoms with Gasteiger partial charge in [-0.2, -0.15) is 0 Å². The van der Waals surface area contributed by atoms with Gasteiger partial charge in [-0.25, -0.2) is 8.78 Å². The highest BCUT2D eigenvalue weighted by Gasteiger charge is 2.25. The van der Waals surface area contributed by atoms with Crippen molar-refractivity contribution in [3.05, 3.63) is 47.5 Å². The highest BCUT2D eigenvalue weighted by molar-refractivity contribution is 6.02. The zero-order valence-corrected chi connectivity index (χ0v) is 10.7. The van der Waals surface area contributed by atoms with E-state index in [0.29, 0.717) is 18.1 Å². The Morgan fingerprint density at radius 3 is 2.61 bits per heavy atom. The number of aliphatic imine (C=N–C) groups is 1. The molecule has 1 aromatic rings. The van der Waals surface area contributed by atoms with Gasteiger partial charge in [-0.15, -0.1) is 0 Å². The Labute approximate surface area is 106 Å². The summed E-state index contributed by atoms with van der Waals surface area (Å²) < 4.78 is 27.3. The minimum Gasteiger partial charge on any atom is -0.285 e. The molecule has 96 valence electrons. The molecule has 0 saturated heterocycles. The molecule has 1 nitrogen and oxygen atoms in total. The number of nitrogens with zero attached hydrogens (tertiary/aromatic N) is 1. The molecule has 0 fully saturated rings. The quantitative estimate of drug-likeness (QED) is 0.714. The molecule has 0 amide bonds. The Bertz CT molecular complexity index is 471. The Morgan fingerprint density at radius 1 is 1.33 bits per heavy atom. The van der Waals surface area contributed by atoms with Gasteiger partial charge in [0.1, 0.15) is 11.6 Å². The Kier molecular flexibility index (Phi) is 3.90. The molecule has 3 heteroatoms. The lowest BCUT2D eigenvalue weighted by Crippen LogP contribution is -2.09. The minimum atomic E-state index is -0.520. The maximum absolute atomic E-state index is 13.6. The van der Waals surface area contributed by atoms with Crippen LogP contribution in [-0.2, 0) is 0 Å². The molecule has 0 bridgehead atoms. The van der Waals surface area contributed by atoms with Crippen LogP contribution in [0.3, 0.4) is 0 Å². The van der Waals surface area contributed by atoms with Gasteiger partial charge in [0.15, 0.2) is 0 Å². The predicted octanol–water partition coefficient (Wildman–Crippen LogP) is 4.13. The van der Waals surface area contributed by atoms with Crippen LogP contribution >= 0.6 is 0 Å². The molecule has 0 saturated carbocycles. The maximum atomic E-state index is 13.6. The predicted molar refractivity (Wildman–Crippen MR) is 69.9 cm³/mol. The molecule has 0 N–H and O–H groups in total. The van der Waals surface area contributed by atoms with Gasteiger partial charge in [0.25, 0.3) is 0 Å². The van der Waals surface area contributed by atoms with E-state index in [4.69, 9.17) is 0 Å². The second-order valence-corrected chi connectivity index (χ2v) is 4.66. The van der Waals surface area contributed by atoms with Crippen LogP contribution in [0, 0.1) is 17.6 Å². The molecule has 0 aliphatic carbocycles. The van der Waals surface area contributed by atoms with Crippen molar-refractivity contribution < 1.29 is 8.78 Å². The Hall–Kier alpha value is -1.51. The SMILES string of the molecule is C/C=C\C(C)C1CCC(c2c(F)cccc2F)=N1. The van der Waals surface area contributed by atoms with Crippen LogP contribution in [0.15, 0.2) is 35.3 Å². The molecular weight excluding hydrogens is 232 g/mol. The number of benzene rings is 1. The van der Waals surface area contributed by atoms with Crippen LogP contribution in [0.1, 0.15) is 32.3 Å². The normalized spacial score (nSPS) is 21.3. The number of allylic oxidation sites excluding steroid dienone is 1. The van der Waals surface area contributed by atoms with E-state index in [1.807, 2.05) is 13.0 Å². The fraction of sp³-hybridized carbons (Fsp3) is 0.400. The number of rotatable bonds is 3. The van der Waals surface area contributed by atoms with E-state index in [0.717, 1.165) is 6.42 Å². The standard InChI is InChI=1S/C15H17F2N/c1-3-5-10(2)13-8-9-14(18-13)15-11(16)6-4-7-12(15)17/h3-7,10,13H,8-9H2,1-2H3/b5-3-. The molecule has 1 heterocycles. The van der Waals surface area contributed by atoms with Crippen molar-refractivity contribution in [2.45, 2.75) is 32.7 Å². The van der Waals surface area contributed by atoms with Crippen LogP contribution < -0.4 is 0 Å². The summed E-state index contributed by atoms with van der Waals surface area (Å²) in [5.41, 5.74) is 0.611. The third-order valence-electron chi connectivity index (χ3n) is 3.35. The van der Waals surface area contributed by atoms with E-state index < -0.39 is 11.6 Å².